The maximum absolute atomic E-state index is 13.4. The number of carbonyl (C=O) groups is 1. The van der Waals surface area contributed by atoms with Crippen molar-refractivity contribution in [2.75, 3.05) is 7.11 Å². The average molecular weight is 484 g/mol. The smallest absolute Gasteiger partial charge is 0.290 e. The number of nitrogens with zero attached hydrogens (tertiary/aromatic N) is 3. The maximum atomic E-state index is 13.4. The number of rotatable bonds is 9. The first kappa shape index (κ1) is 23.0. The molecule has 0 unspecified atom stereocenters. The van der Waals surface area contributed by atoms with Crippen LogP contribution in [0.5, 0.6) is 17.4 Å². The number of aromatic nitrogens is 2. The van der Waals surface area contributed by atoms with E-state index in [1.54, 1.807) is 41.2 Å². The Morgan fingerprint density at radius 1 is 0.889 bits per heavy atom. The molecule has 3 aromatic heterocycles. The van der Waals surface area contributed by atoms with Crippen LogP contribution in [0, 0.1) is 6.92 Å². The van der Waals surface area contributed by atoms with Crippen LogP contribution in [0.15, 0.2) is 100 Å². The van der Waals surface area contributed by atoms with Gasteiger partial charge >= 0.3 is 0 Å². The number of methoxy groups -OCH3 is 1. The Morgan fingerprint density at radius 2 is 1.61 bits per heavy atom. The highest BCUT2D eigenvalue weighted by Gasteiger charge is 2.26. The molecule has 5 rings (SSSR count). The lowest BCUT2D eigenvalue weighted by molar-refractivity contribution is 0.0684. The van der Waals surface area contributed by atoms with Crippen LogP contribution >= 0.6 is 0 Å². The third-order valence-corrected chi connectivity index (χ3v) is 5.71. The van der Waals surface area contributed by atoms with Crippen molar-refractivity contribution in [3.8, 4) is 23.1 Å². The molecule has 2 aromatic carbocycles. The molecule has 0 aliphatic carbocycles. The summed E-state index contributed by atoms with van der Waals surface area (Å²) in [5, 5.41) is 4.77. The second-order valence-electron chi connectivity index (χ2n) is 8.11. The van der Waals surface area contributed by atoms with Gasteiger partial charge in [0.05, 0.1) is 49.7 Å². The number of amides is 1. The van der Waals surface area contributed by atoms with Crippen LogP contribution in [0.2, 0.25) is 0 Å². The summed E-state index contributed by atoms with van der Waals surface area (Å²) >= 11 is 0. The molecule has 0 N–H and O–H groups in total. The van der Waals surface area contributed by atoms with Gasteiger partial charge in [-0.1, -0.05) is 18.2 Å². The SMILES string of the molecule is COc1ccc(Oc2c(CN(Cc3ccco3)C(=O)c3ccco3)c(C)nn2-c2ccccc2)cc1. The first-order valence-electron chi connectivity index (χ1n) is 11.4. The van der Waals surface area contributed by atoms with E-state index in [2.05, 4.69) is 0 Å². The van der Waals surface area contributed by atoms with Crippen molar-refractivity contribution in [2.24, 2.45) is 0 Å². The molecule has 0 radical (unpaired) electrons. The molecule has 8 heteroatoms. The summed E-state index contributed by atoms with van der Waals surface area (Å²) in [7, 11) is 1.62. The second kappa shape index (κ2) is 10.3. The molecule has 0 spiro atoms. The van der Waals surface area contributed by atoms with Crippen molar-refractivity contribution in [2.45, 2.75) is 20.0 Å². The Morgan fingerprint density at radius 3 is 2.28 bits per heavy atom. The predicted octanol–water partition coefficient (Wildman–Crippen LogP) is 6.01. The highest BCUT2D eigenvalue weighted by Crippen LogP contribution is 2.33. The van der Waals surface area contributed by atoms with Crippen LogP contribution in [0.25, 0.3) is 5.69 Å². The topological polar surface area (TPSA) is 82.9 Å². The monoisotopic (exact) mass is 483 g/mol. The third kappa shape index (κ3) is 4.88. The van der Waals surface area contributed by atoms with E-state index in [4.69, 9.17) is 23.4 Å². The molecular formula is C28H25N3O5. The number of para-hydroxylation sites is 1. The molecule has 0 fully saturated rings. The lowest BCUT2D eigenvalue weighted by Gasteiger charge is -2.21. The molecular weight excluding hydrogens is 458 g/mol. The van der Waals surface area contributed by atoms with Gasteiger partial charge in [-0.25, -0.2) is 4.68 Å². The zero-order valence-corrected chi connectivity index (χ0v) is 20.0. The van der Waals surface area contributed by atoms with Crippen molar-refractivity contribution in [1.29, 1.82) is 0 Å². The summed E-state index contributed by atoms with van der Waals surface area (Å²) < 4.78 is 24.3. The molecule has 5 aromatic rings. The fraction of sp³-hybridized carbons (Fsp3) is 0.143. The highest BCUT2D eigenvalue weighted by molar-refractivity contribution is 5.91. The van der Waals surface area contributed by atoms with Gasteiger partial charge in [0.2, 0.25) is 5.88 Å². The number of ether oxygens (including phenoxy) is 2. The largest absolute Gasteiger partial charge is 0.497 e. The van der Waals surface area contributed by atoms with Crippen molar-refractivity contribution < 1.29 is 23.1 Å². The van der Waals surface area contributed by atoms with E-state index >= 15 is 0 Å². The minimum absolute atomic E-state index is 0.227. The van der Waals surface area contributed by atoms with E-state index in [0.29, 0.717) is 17.4 Å². The standard InChI is InChI=1S/C28H25N3O5/c1-20-25(19-30(18-24-10-6-16-34-24)27(32)26-11-7-17-35-26)28(31(29-20)21-8-4-3-5-9-21)36-23-14-12-22(33-2)13-15-23/h3-17H,18-19H2,1-2H3. The zero-order chi connectivity index (χ0) is 24.9. The number of furan rings is 2. The van der Waals surface area contributed by atoms with Gasteiger partial charge in [-0.05, 0) is 67.6 Å². The number of hydrogen-bond donors (Lipinski definition) is 0. The molecule has 0 saturated carbocycles. The second-order valence-corrected chi connectivity index (χ2v) is 8.11. The van der Waals surface area contributed by atoms with Crippen molar-refractivity contribution >= 4 is 5.91 Å². The van der Waals surface area contributed by atoms with E-state index in [-0.39, 0.29) is 24.8 Å². The zero-order valence-electron chi connectivity index (χ0n) is 20.0. The van der Waals surface area contributed by atoms with Crippen molar-refractivity contribution in [3.63, 3.8) is 0 Å². The predicted molar refractivity (Wildman–Crippen MR) is 132 cm³/mol. The summed E-state index contributed by atoms with van der Waals surface area (Å²) in [6.07, 6.45) is 3.07. The van der Waals surface area contributed by atoms with Crippen LogP contribution in [-0.2, 0) is 13.1 Å². The van der Waals surface area contributed by atoms with Gasteiger partial charge < -0.3 is 23.2 Å². The van der Waals surface area contributed by atoms with Gasteiger partial charge in [0, 0.05) is 0 Å². The molecule has 8 nitrogen and oxygen atoms in total. The average Bonchev–Trinajstić information content (AvgIpc) is 3.68. The molecule has 0 aliphatic rings. The van der Waals surface area contributed by atoms with E-state index < -0.39 is 0 Å². The van der Waals surface area contributed by atoms with Gasteiger partial charge in [-0.2, -0.15) is 5.10 Å². The minimum Gasteiger partial charge on any atom is -0.497 e. The molecule has 0 atom stereocenters. The molecule has 1 amide bonds. The van der Waals surface area contributed by atoms with Gasteiger partial charge in [0.1, 0.15) is 17.3 Å². The molecule has 36 heavy (non-hydrogen) atoms. The van der Waals surface area contributed by atoms with Gasteiger partial charge in [0.15, 0.2) is 5.76 Å². The first-order valence-corrected chi connectivity index (χ1v) is 11.4. The molecule has 0 aliphatic heterocycles. The third-order valence-electron chi connectivity index (χ3n) is 5.71. The Labute approximate surface area is 208 Å². The molecule has 3 heterocycles. The number of carbonyl (C=O) groups excluding carboxylic acids is 1. The number of hydrogen-bond acceptors (Lipinski definition) is 6. The van der Waals surface area contributed by atoms with Crippen LogP contribution in [0.1, 0.15) is 27.6 Å². The van der Waals surface area contributed by atoms with Crippen molar-refractivity contribution in [1.82, 2.24) is 14.7 Å². The maximum Gasteiger partial charge on any atom is 0.290 e. The summed E-state index contributed by atoms with van der Waals surface area (Å²) in [5.41, 5.74) is 2.34. The molecule has 0 saturated heterocycles. The Kier molecular flexibility index (Phi) is 6.57. The van der Waals surface area contributed by atoms with E-state index in [1.165, 1.54) is 6.26 Å². The van der Waals surface area contributed by atoms with Gasteiger partial charge in [-0.3, -0.25) is 4.79 Å². The van der Waals surface area contributed by atoms with Crippen molar-refractivity contribution in [3.05, 3.63) is 114 Å². The quantitative estimate of drug-likeness (QED) is 0.255. The van der Waals surface area contributed by atoms with E-state index in [9.17, 15) is 4.79 Å². The van der Waals surface area contributed by atoms with Crippen LogP contribution < -0.4 is 9.47 Å². The Balaban J connectivity index is 1.55. The summed E-state index contributed by atoms with van der Waals surface area (Å²) in [6, 6.07) is 24.0. The number of benzene rings is 2. The molecule has 0 bridgehead atoms. The highest BCUT2D eigenvalue weighted by atomic mass is 16.5. The first-order chi connectivity index (χ1) is 17.6. The molecule has 182 valence electrons. The summed E-state index contributed by atoms with van der Waals surface area (Å²) in [5.74, 6) is 2.49. The van der Waals surface area contributed by atoms with Gasteiger partial charge in [0.25, 0.3) is 5.91 Å². The van der Waals surface area contributed by atoms with E-state index in [1.807, 2.05) is 67.6 Å². The Hall–Kier alpha value is -4.72. The van der Waals surface area contributed by atoms with Gasteiger partial charge in [-0.15, -0.1) is 0 Å². The fourth-order valence-electron chi connectivity index (χ4n) is 3.86. The van der Waals surface area contributed by atoms with Crippen LogP contribution in [0.3, 0.4) is 0 Å². The number of aryl methyl sites for hydroxylation is 1. The lowest BCUT2D eigenvalue weighted by Crippen LogP contribution is -2.30. The minimum atomic E-state index is -0.265. The van der Waals surface area contributed by atoms with Crippen LogP contribution in [0.4, 0.5) is 0 Å². The van der Waals surface area contributed by atoms with Crippen LogP contribution in [-0.4, -0.2) is 27.7 Å². The van der Waals surface area contributed by atoms with E-state index in [0.717, 1.165) is 22.7 Å². The lowest BCUT2D eigenvalue weighted by atomic mass is 10.2. The summed E-state index contributed by atoms with van der Waals surface area (Å²) in [4.78, 5) is 15.0. The fourth-order valence-corrected chi connectivity index (χ4v) is 3.86. The normalized spacial score (nSPS) is 10.8. The summed E-state index contributed by atoms with van der Waals surface area (Å²) in [6.45, 7) is 2.38. The Bertz CT molecular complexity index is 1410.